The topological polar surface area (TPSA) is 126 Å². The number of thioether (sulfide) groups is 2. The molecule has 14 heteroatoms. The van der Waals surface area contributed by atoms with E-state index < -0.39 is 0 Å². The molecule has 0 N–H and O–H groups in total. The van der Waals surface area contributed by atoms with Crippen molar-refractivity contribution in [2.24, 2.45) is 0 Å². The summed E-state index contributed by atoms with van der Waals surface area (Å²) >= 11 is 3.18. The molecule has 0 saturated carbocycles. The fourth-order valence-corrected chi connectivity index (χ4v) is 10.0. The number of fused-ring (bicyclic) bond motifs is 2. The molecule has 2 aromatic carbocycles. The lowest BCUT2D eigenvalue weighted by Gasteiger charge is -2.37. The van der Waals surface area contributed by atoms with E-state index in [2.05, 4.69) is 55.7 Å². The number of benzene rings is 2. The number of methoxy groups -OCH3 is 1. The highest BCUT2D eigenvalue weighted by molar-refractivity contribution is 7.99. The van der Waals surface area contributed by atoms with E-state index in [1.807, 2.05) is 24.3 Å². The highest BCUT2D eigenvalue weighted by Gasteiger charge is 2.35. The third-order valence-electron chi connectivity index (χ3n) is 11.3. The minimum atomic E-state index is -0.322. The van der Waals surface area contributed by atoms with Gasteiger partial charge in [-0.25, -0.2) is 14.4 Å². The summed E-state index contributed by atoms with van der Waals surface area (Å²) in [4.78, 5) is 14.4. The Labute approximate surface area is 367 Å². The van der Waals surface area contributed by atoms with Crippen molar-refractivity contribution in [2.45, 2.75) is 87.8 Å². The average molecular weight is 867 g/mol. The molecule has 4 aromatic rings. The molecule has 2 aromatic heterocycles. The molecular formula is C47H55FN6O5S2. The van der Waals surface area contributed by atoms with Crippen LogP contribution in [0.2, 0.25) is 0 Å². The van der Waals surface area contributed by atoms with Crippen LogP contribution in [0.4, 0.5) is 16.0 Å². The number of hydrogen-bond donors (Lipinski definition) is 0. The van der Waals surface area contributed by atoms with Gasteiger partial charge in [-0.05, 0) is 74.9 Å². The minimum absolute atomic E-state index is 0.190. The fourth-order valence-electron chi connectivity index (χ4n) is 8.09. The van der Waals surface area contributed by atoms with Crippen LogP contribution in [0.15, 0.2) is 58.6 Å². The molecule has 2 saturated heterocycles. The van der Waals surface area contributed by atoms with Gasteiger partial charge in [0.1, 0.15) is 45.4 Å². The number of pyridine rings is 2. The lowest BCUT2D eigenvalue weighted by molar-refractivity contribution is -0.0405. The van der Waals surface area contributed by atoms with Crippen LogP contribution in [0.3, 0.4) is 0 Å². The number of nitrogens with zero attached hydrogens (tertiary/aromatic N) is 6. The minimum Gasteiger partial charge on any atom is -0.496 e. The number of ether oxygens (including phenoxy) is 5. The van der Waals surface area contributed by atoms with Gasteiger partial charge in [0.05, 0.1) is 69.1 Å². The smallest absolute Gasteiger partial charge is 0.135 e. The van der Waals surface area contributed by atoms with E-state index in [0.29, 0.717) is 81.3 Å². The Morgan fingerprint density at radius 2 is 1.11 bits per heavy atom. The van der Waals surface area contributed by atoms with Crippen molar-refractivity contribution >= 4 is 35.2 Å². The molecule has 0 aliphatic carbocycles. The normalized spacial score (nSPS) is 17.8. The van der Waals surface area contributed by atoms with Crippen molar-refractivity contribution in [3.8, 4) is 17.9 Å². The number of nitriles is 2. The second-order valence-electron chi connectivity index (χ2n) is 16.6. The number of aromatic nitrogens is 2. The van der Waals surface area contributed by atoms with E-state index in [1.54, 1.807) is 31.0 Å². The highest BCUT2D eigenvalue weighted by Crippen LogP contribution is 2.41. The molecule has 0 spiro atoms. The van der Waals surface area contributed by atoms with Gasteiger partial charge in [0.15, 0.2) is 0 Å². The quantitative estimate of drug-likeness (QED) is 0.135. The van der Waals surface area contributed by atoms with Crippen LogP contribution in [0, 0.1) is 28.5 Å². The second-order valence-corrected chi connectivity index (χ2v) is 18.8. The van der Waals surface area contributed by atoms with E-state index in [1.165, 1.54) is 17.8 Å². The molecule has 0 amide bonds. The number of para-hydroxylation sites is 1. The number of hydrogen-bond acceptors (Lipinski definition) is 13. The first-order chi connectivity index (χ1) is 29.5. The summed E-state index contributed by atoms with van der Waals surface area (Å²) in [5.74, 6) is 4.04. The Balaban J connectivity index is 0.000000184. The predicted octanol–water partition coefficient (Wildman–Crippen LogP) is 8.10. The summed E-state index contributed by atoms with van der Waals surface area (Å²) in [5.41, 5.74) is 6.79. The molecule has 61 heavy (non-hydrogen) atoms. The molecule has 8 rings (SSSR count). The van der Waals surface area contributed by atoms with Gasteiger partial charge in [0, 0.05) is 61.7 Å². The lowest BCUT2D eigenvalue weighted by Crippen LogP contribution is -2.39. The van der Waals surface area contributed by atoms with Crippen LogP contribution in [-0.2, 0) is 57.8 Å². The maximum Gasteiger partial charge on any atom is 0.135 e. The third kappa shape index (κ3) is 10.8. The van der Waals surface area contributed by atoms with E-state index in [-0.39, 0.29) is 17.0 Å². The Kier molecular flexibility index (Phi) is 14.8. The van der Waals surface area contributed by atoms with E-state index in [0.717, 1.165) is 93.6 Å². The van der Waals surface area contributed by atoms with Crippen molar-refractivity contribution in [3.63, 3.8) is 0 Å². The van der Waals surface area contributed by atoms with Gasteiger partial charge < -0.3 is 33.5 Å². The number of anilines is 2. The Bertz CT molecular complexity index is 2270. The zero-order chi connectivity index (χ0) is 43.0. The summed E-state index contributed by atoms with van der Waals surface area (Å²) in [6, 6.07) is 19.8. The van der Waals surface area contributed by atoms with E-state index in [9.17, 15) is 14.9 Å². The summed E-state index contributed by atoms with van der Waals surface area (Å²) < 4.78 is 42.6. The number of morpholine rings is 2. The highest BCUT2D eigenvalue weighted by atomic mass is 32.2. The van der Waals surface area contributed by atoms with Crippen molar-refractivity contribution in [2.75, 3.05) is 81.0 Å². The van der Waals surface area contributed by atoms with Gasteiger partial charge in [-0.2, -0.15) is 10.5 Å². The molecular weight excluding hydrogens is 812 g/mol. The summed E-state index contributed by atoms with van der Waals surface area (Å²) in [6.45, 7) is 15.1. The summed E-state index contributed by atoms with van der Waals surface area (Å²) in [7, 11) is 1.70. The third-order valence-corrected chi connectivity index (χ3v) is 13.3. The maximum absolute atomic E-state index is 14.0. The van der Waals surface area contributed by atoms with E-state index >= 15 is 0 Å². The Morgan fingerprint density at radius 1 is 0.672 bits per heavy atom. The second kappa shape index (κ2) is 20.2. The van der Waals surface area contributed by atoms with Crippen molar-refractivity contribution in [3.05, 3.63) is 98.9 Å². The van der Waals surface area contributed by atoms with Crippen LogP contribution < -0.4 is 14.5 Å². The SMILES string of the molecule is CC1(C)Cc2c(C#N)c(SCCc3ccccc3F)nc(N3CCOCC3)c2CO1.COc1ccccc1CCSc1nc(N2CCOCC2)c2c(c1C#N)CC(C)(C)OC2. The molecule has 0 bridgehead atoms. The molecule has 0 unspecified atom stereocenters. The van der Waals surface area contributed by atoms with Gasteiger partial charge in [-0.3, -0.25) is 0 Å². The van der Waals surface area contributed by atoms with Crippen LogP contribution >= 0.6 is 23.5 Å². The zero-order valence-electron chi connectivity index (χ0n) is 35.9. The van der Waals surface area contributed by atoms with E-state index in [4.69, 9.17) is 33.7 Å². The molecule has 2 fully saturated rings. The van der Waals surface area contributed by atoms with Gasteiger partial charge in [0.2, 0.25) is 0 Å². The summed E-state index contributed by atoms with van der Waals surface area (Å²) in [5, 5.41) is 21.6. The molecule has 6 heterocycles. The monoisotopic (exact) mass is 866 g/mol. The van der Waals surface area contributed by atoms with Crippen LogP contribution in [-0.4, -0.2) is 92.4 Å². The predicted molar refractivity (Wildman–Crippen MR) is 237 cm³/mol. The average Bonchev–Trinajstić information content (AvgIpc) is 3.26. The summed E-state index contributed by atoms with van der Waals surface area (Å²) in [6.07, 6.45) is 2.82. The molecule has 0 atom stereocenters. The first-order valence-corrected chi connectivity index (χ1v) is 22.9. The fraction of sp³-hybridized carbons (Fsp3) is 0.489. The Morgan fingerprint density at radius 3 is 1.57 bits per heavy atom. The first-order valence-electron chi connectivity index (χ1n) is 21.0. The molecule has 4 aliphatic rings. The Hall–Kier alpha value is -4.41. The van der Waals surface area contributed by atoms with Crippen molar-refractivity contribution in [1.29, 1.82) is 10.5 Å². The molecule has 11 nitrogen and oxygen atoms in total. The van der Waals surface area contributed by atoms with Crippen LogP contribution in [0.5, 0.6) is 5.75 Å². The molecule has 4 aliphatic heterocycles. The van der Waals surface area contributed by atoms with Crippen LogP contribution in [0.25, 0.3) is 0 Å². The van der Waals surface area contributed by atoms with Gasteiger partial charge in [0.25, 0.3) is 0 Å². The number of aryl methyl sites for hydroxylation is 2. The standard InChI is InChI=1S/C24H29N3O3S.C23H26FN3O2S/c1-24(2)14-18-19(15-25)23(31-13-8-17-6-4-5-7-21(17)28-3)26-22(20(18)16-30-24)27-9-11-29-12-10-27;1-23(2)13-17-18(14-25)22(30-12-7-16-5-3-4-6-20(16)24)26-21(19(17)15-29-23)27-8-10-28-11-9-27/h4-7H,8-14,16H2,1-3H3;3-6H,7-13,15H2,1-2H3. The maximum atomic E-state index is 14.0. The largest absolute Gasteiger partial charge is 0.496 e. The number of halogens is 1. The first kappa shape index (κ1) is 44.6. The van der Waals surface area contributed by atoms with Gasteiger partial charge in [-0.15, -0.1) is 23.5 Å². The number of rotatable bonds is 11. The van der Waals surface area contributed by atoms with Crippen molar-refractivity contribution in [1.82, 2.24) is 9.97 Å². The van der Waals surface area contributed by atoms with Crippen LogP contribution in [0.1, 0.15) is 72.2 Å². The zero-order valence-corrected chi connectivity index (χ0v) is 37.5. The lowest BCUT2D eigenvalue weighted by atomic mass is 9.89. The van der Waals surface area contributed by atoms with Gasteiger partial charge >= 0.3 is 0 Å². The molecule has 0 radical (unpaired) electrons. The van der Waals surface area contributed by atoms with Crippen molar-refractivity contribution < 1.29 is 28.1 Å². The molecule has 322 valence electrons. The van der Waals surface area contributed by atoms with Gasteiger partial charge in [-0.1, -0.05) is 36.4 Å².